The van der Waals surface area contributed by atoms with Crippen molar-refractivity contribution in [1.29, 1.82) is 0 Å². The summed E-state index contributed by atoms with van der Waals surface area (Å²) in [5, 5.41) is 1.07. The molecule has 0 aliphatic heterocycles. The zero-order valence-electron chi connectivity index (χ0n) is 11.4. The lowest BCUT2D eigenvalue weighted by molar-refractivity contribution is -0.137. The van der Waals surface area contributed by atoms with E-state index in [1.54, 1.807) is 18.3 Å². The van der Waals surface area contributed by atoms with Gasteiger partial charge in [0, 0.05) is 11.5 Å². The fourth-order valence-electron chi connectivity index (χ4n) is 2.18. The average Bonchev–Trinajstić information content (AvgIpc) is 2.39. The molecule has 0 aliphatic carbocycles. The summed E-state index contributed by atoms with van der Waals surface area (Å²) in [5.41, 5.74) is 0.332. The molecule has 0 atom stereocenters. The van der Waals surface area contributed by atoms with Gasteiger partial charge in [0.2, 0.25) is 0 Å². The Kier molecular flexibility index (Phi) is 3.99. The van der Waals surface area contributed by atoms with Gasteiger partial charge in [-0.25, -0.2) is 0 Å². The van der Waals surface area contributed by atoms with Crippen LogP contribution < -0.4 is 5.32 Å². The van der Waals surface area contributed by atoms with Crippen molar-refractivity contribution in [2.45, 2.75) is 25.3 Å². The van der Waals surface area contributed by atoms with Crippen LogP contribution in [0.3, 0.4) is 0 Å². The number of alkyl halides is 3. The molecule has 2 aromatic rings. The molecule has 0 amide bonds. The molecule has 0 fully saturated rings. The summed E-state index contributed by atoms with van der Waals surface area (Å²) >= 11 is 0. The lowest BCUT2D eigenvalue weighted by Crippen LogP contribution is -2.45. The highest BCUT2D eigenvalue weighted by atomic mass is 28.3. The van der Waals surface area contributed by atoms with Crippen molar-refractivity contribution >= 4 is 13.4 Å². The molecule has 0 bridgehead atoms. The van der Waals surface area contributed by atoms with Gasteiger partial charge in [0.15, 0.2) is 0 Å². The predicted octanol–water partition coefficient (Wildman–Crippen LogP) is 3.80. The maximum Gasteiger partial charge on any atom is 0.416 e. The zero-order valence-corrected chi connectivity index (χ0v) is 12.4. The minimum Gasteiger partial charge on any atom is -0.266 e. The molecule has 1 heterocycles. The standard InChI is InChI=1S/C15H16F3NSi/c1-20(2,14-5-3-4-10-19-14)11-12-6-8-13(9-7-12)15(16,17)18/h3-10H,11H2,1-2H3. The molecule has 1 aromatic carbocycles. The van der Waals surface area contributed by atoms with E-state index in [-0.39, 0.29) is 0 Å². The fourth-order valence-corrected chi connectivity index (χ4v) is 4.58. The van der Waals surface area contributed by atoms with Gasteiger partial charge >= 0.3 is 6.18 Å². The van der Waals surface area contributed by atoms with E-state index >= 15 is 0 Å². The van der Waals surface area contributed by atoms with E-state index in [9.17, 15) is 13.2 Å². The number of benzene rings is 1. The summed E-state index contributed by atoms with van der Waals surface area (Å²) in [6.45, 7) is 4.35. The van der Waals surface area contributed by atoms with Gasteiger partial charge in [0.25, 0.3) is 0 Å². The average molecular weight is 295 g/mol. The van der Waals surface area contributed by atoms with E-state index in [1.807, 2.05) is 18.2 Å². The summed E-state index contributed by atoms with van der Waals surface area (Å²) < 4.78 is 37.6. The van der Waals surface area contributed by atoms with Crippen molar-refractivity contribution in [1.82, 2.24) is 4.98 Å². The highest BCUT2D eigenvalue weighted by molar-refractivity contribution is 6.88. The summed E-state index contributed by atoms with van der Waals surface area (Å²) in [6.07, 6.45) is -2.51. The van der Waals surface area contributed by atoms with E-state index in [0.717, 1.165) is 29.1 Å². The smallest absolute Gasteiger partial charge is 0.266 e. The molecule has 2 rings (SSSR count). The van der Waals surface area contributed by atoms with Crippen LogP contribution in [0.2, 0.25) is 13.1 Å². The van der Waals surface area contributed by atoms with Crippen LogP contribution in [-0.2, 0) is 12.2 Å². The van der Waals surface area contributed by atoms with Crippen LogP contribution in [0.25, 0.3) is 0 Å². The summed E-state index contributed by atoms with van der Waals surface area (Å²) in [5.74, 6) is 0. The van der Waals surface area contributed by atoms with Gasteiger partial charge in [0.1, 0.15) is 8.07 Å². The molecule has 0 saturated heterocycles. The third-order valence-electron chi connectivity index (χ3n) is 3.29. The highest BCUT2D eigenvalue weighted by Gasteiger charge is 2.30. The molecule has 0 N–H and O–H groups in total. The number of rotatable bonds is 3. The van der Waals surface area contributed by atoms with Crippen molar-refractivity contribution in [3.63, 3.8) is 0 Å². The third kappa shape index (κ3) is 3.48. The topological polar surface area (TPSA) is 12.9 Å². The van der Waals surface area contributed by atoms with Crippen LogP contribution in [0.5, 0.6) is 0 Å². The Bertz CT molecular complexity index is 562. The minimum atomic E-state index is -4.27. The van der Waals surface area contributed by atoms with Crippen LogP contribution in [0, 0.1) is 0 Å². The van der Waals surface area contributed by atoms with Crippen molar-refractivity contribution in [2.75, 3.05) is 0 Å². The zero-order chi connectivity index (χ0) is 14.8. The van der Waals surface area contributed by atoms with Crippen LogP contribution in [0.15, 0.2) is 48.7 Å². The molecule has 0 spiro atoms. The SMILES string of the molecule is C[Si](C)(Cc1ccc(C(F)(F)F)cc1)c1ccccn1. The number of hydrogen-bond acceptors (Lipinski definition) is 1. The van der Waals surface area contributed by atoms with E-state index in [1.165, 1.54) is 0 Å². The second-order valence-electron chi connectivity index (χ2n) is 5.47. The molecular formula is C15H16F3NSi. The number of aromatic nitrogens is 1. The van der Waals surface area contributed by atoms with E-state index in [4.69, 9.17) is 0 Å². The summed E-state index contributed by atoms with van der Waals surface area (Å²) in [6, 6.07) is 12.0. The fraction of sp³-hybridized carbons (Fsp3) is 0.267. The first-order valence-electron chi connectivity index (χ1n) is 6.37. The Morgan fingerprint density at radius 3 is 2.15 bits per heavy atom. The summed E-state index contributed by atoms with van der Waals surface area (Å²) in [4.78, 5) is 4.39. The van der Waals surface area contributed by atoms with Crippen LogP contribution in [-0.4, -0.2) is 13.1 Å². The largest absolute Gasteiger partial charge is 0.416 e. The lowest BCUT2D eigenvalue weighted by atomic mass is 10.1. The van der Waals surface area contributed by atoms with E-state index in [2.05, 4.69) is 18.1 Å². The highest BCUT2D eigenvalue weighted by Crippen LogP contribution is 2.29. The van der Waals surface area contributed by atoms with Crippen LogP contribution in [0.4, 0.5) is 13.2 Å². The minimum absolute atomic E-state index is 0.599. The monoisotopic (exact) mass is 295 g/mol. The molecular weight excluding hydrogens is 279 g/mol. The number of halogens is 3. The van der Waals surface area contributed by atoms with Gasteiger partial charge in [-0.3, -0.25) is 4.98 Å². The van der Waals surface area contributed by atoms with Crippen LogP contribution >= 0.6 is 0 Å². The normalized spacial score (nSPS) is 12.4. The first-order chi connectivity index (χ1) is 9.29. The molecule has 0 unspecified atom stereocenters. The molecule has 5 heteroatoms. The van der Waals surface area contributed by atoms with Gasteiger partial charge < -0.3 is 0 Å². The molecule has 1 aromatic heterocycles. The Labute approximate surface area is 117 Å². The van der Waals surface area contributed by atoms with Crippen molar-refractivity contribution in [3.05, 3.63) is 59.8 Å². The molecule has 1 nitrogen and oxygen atoms in total. The number of pyridine rings is 1. The first-order valence-corrected chi connectivity index (χ1v) is 9.57. The Balaban J connectivity index is 2.18. The maximum atomic E-state index is 12.5. The predicted molar refractivity (Wildman–Crippen MR) is 76.5 cm³/mol. The molecule has 0 radical (unpaired) electrons. The van der Waals surface area contributed by atoms with Gasteiger partial charge in [-0.05, 0) is 30.3 Å². The Hall–Kier alpha value is -1.62. The number of nitrogens with zero attached hydrogens (tertiary/aromatic N) is 1. The van der Waals surface area contributed by atoms with Gasteiger partial charge in [-0.2, -0.15) is 13.2 Å². The Morgan fingerprint density at radius 2 is 1.65 bits per heavy atom. The lowest BCUT2D eigenvalue weighted by Gasteiger charge is -2.21. The summed E-state index contributed by atoms with van der Waals surface area (Å²) in [7, 11) is -1.78. The van der Waals surface area contributed by atoms with E-state index < -0.39 is 19.8 Å². The molecule has 0 saturated carbocycles. The second-order valence-corrected chi connectivity index (χ2v) is 10.1. The number of hydrogen-bond donors (Lipinski definition) is 0. The Morgan fingerprint density at radius 1 is 1.00 bits per heavy atom. The maximum absolute atomic E-state index is 12.5. The first kappa shape index (κ1) is 14.8. The van der Waals surface area contributed by atoms with Gasteiger partial charge in [-0.1, -0.05) is 36.9 Å². The second kappa shape index (κ2) is 5.40. The quantitative estimate of drug-likeness (QED) is 0.785. The van der Waals surface area contributed by atoms with Crippen molar-refractivity contribution in [3.8, 4) is 0 Å². The molecule has 0 aliphatic rings. The van der Waals surface area contributed by atoms with Crippen LogP contribution in [0.1, 0.15) is 11.1 Å². The molecule has 106 valence electrons. The van der Waals surface area contributed by atoms with Gasteiger partial charge in [-0.15, -0.1) is 0 Å². The van der Waals surface area contributed by atoms with E-state index in [0.29, 0.717) is 0 Å². The third-order valence-corrected chi connectivity index (χ3v) is 6.26. The molecule has 20 heavy (non-hydrogen) atoms. The van der Waals surface area contributed by atoms with Gasteiger partial charge in [0.05, 0.1) is 5.56 Å². The van der Waals surface area contributed by atoms with Crippen molar-refractivity contribution in [2.24, 2.45) is 0 Å². The van der Waals surface area contributed by atoms with Crippen molar-refractivity contribution < 1.29 is 13.2 Å².